The number of hydrazine groups is 1. The molecule has 0 heterocycles. The van der Waals surface area contributed by atoms with Crippen LogP contribution in [0.5, 0.6) is 0 Å². The van der Waals surface area contributed by atoms with Crippen molar-refractivity contribution in [2.24, 2.45) is 0 Å². The van der Waals surface area contributed by atoms with E-state index in [2.05, 4.69) is 0 Å². The van der Waals surface area contributed by atoms with E-state index < -0.39 is 20.0 Å². The van der Waals surface area contributed by atoms with Crippen molar-refractivity contribution in [1.29, 1.82) is 0 Å². The van der Waals surface area contributed by atoms with Crippen LogP contribution in [0.3, 0.4) is 0 Å². The van der Waals surface area contributed by atoms with Gasteiger partial charge in [-0.2, -0.15) is 0 Å². The lowest BCUT2D eigenvalue weighted by Crippen LogP contribution is -2.41. The van der Waals surface area contributed by atoms with E-state index in [0.717, 1.165) is 5.39 Å². The van der Waals surface area contributed by atoms with Crippen molar-refractivity contribution in [3.8, 4) is 0 Å². The van der Waals surface area contributed by atoms with E-state index in [9.17, 15) is 16.8 Å². The first-order valence-corrected chi connectivity index (χ1v) is 9.93. The molecule has 24 heavy (non-hydrogen) atoms. The van der Waals surface area contributed by atoms with Crippen molar-refractivity contribution in [2.75, 3.05) is 0 Å². The lowest BCUT2D eigenvalue weighted by Gasteiger charge is -2.11. The second kappa shape index (κ2) is 6.33. The zero-order valence-corrected chi connectivity index (χ0v) is 14.0. The molecule has 0 radical (unpaired) electrons. The number of sulfonamides is 2. The van der Waals surface area contributed by atoms with Gasteiger partial charge in [0.1, 0.15) is 0 Å². The molecule has 6 nitrogen and oxygen atoms in total. The molecule has 0 unspecified atom stereocenters. The summed E-state index contributed by atoms with van der Waals surface area (Å²) >= 11 is 0. The van der Waals surface area contributed by atoms with Crippen LogP contribution in [0.2, 0.25) is 0 Å². The van der Waals surface area contributed by atoms with Crippen LogP contribution in [0.1, 0.15) is 0 Å². The minimum Gasteiger partial charge on any atom is -0.206 e. The van der Waals surface area contributed by atoms with Crippen LogP contribution in [0.4, 0.5) is 0 Å². The van der Waals surface area contributed by atoms with Gasteiger partial charge in [-0.05, 0) is 23.6 Å². The normalized spacial score (nSPS) is 12.3. The van der Waals surface area contributed by atoms with E-state index in [-0.39, 0.29) is 9.79 Å². The van der Waals surface area contributed by atoms with E-state index in [4.69, 9.17) is 0 Å². The minimum absolute atomic E-state index is 0.00337. The van der Waals surface area contributed by atoms with Gasteiger partial charge in [0.25, 0.3) is 20.0 Å². The largest absolute Gasteiger partial charge is 0.254 e. The minimum atomic E-state index is -4.07. The molecule has 0 spiro atoms. The highest BCUT2D eigenvalue weighted by atomic mass is 32.2. The third-order valence-electron chi connectivity index (χ3n) is 3.40. The molecule has 0 fully saturated rings. The Labute approximate surface area is 140 Å². The van der Waals surface area contributed by atoms with Gasteiger partial charge in [0.15, 0.2) is 0 Å². The molecule has 0 aliphatic carbocycles. The summed E-state index contributed by atoms with van der Waals surface area (Å²) in [6.07, 6.45) is 0. The summed E-state index contributed by atoms with van der Waals surface area (Å²) in [6.45, 7) is 0. The van der Waals surface area contributed by atoms with Crippen LogP contribution in [0.25, 0.3) is 10.8 Å². The highest BCUT2D eigenvalue weighted by Crippen LogP contribution is 2.22. The summed E-state index contributed by atoms with van der Waals surface area (Å²) in [5, 5.41) is 1.25. The number of rotatable bonds is 5. The smallest absolute Gasteiger partial charge is 0.206 e. The molecule has 0 aliphatic rings. The first kappa shape index (κ1) is 16.6. The topological polar surface area (TPSA) is 92.3 Å². The molecule has 3 rings (SSSR count). The zero-order chi connectivity index (χ0) is 17.2. The summed E-state index contributed by atoms with van der Waals surface area (Å²) in [4.78, 5) is 3.81. The van der Waals surface area contributed by atoms with Crippen LogP contribution in [0, 0.1) is 0 Å². The predicted molar refractivity (Wildman–Crippen MR) is 91.0 cm³/mol. The average molecular weight is 362 g/mol. The van der Waals surface area contributed by atoms with Crippen LogP contribution < -0.4 is 9.66 Å². The van der Waals surface area contributed by atoms with Gasteiger partial charge in [0.05, 0.1) is 9.79 Å². The quantitative estimate of drug-likeness (QED) is 0.679. The molecule has 124 valence electrons. The molecule has 0 saturated heterocycles. The monoisotopic (exact) mass is 362 g/mol. The molecule has 0 saturated carbocycles. The lowest BCUT2D eigenvalue weighted by molar-refractivity contribution is 0.558. The second-order valence-corrected chi connectivity index (χ2v) is 8.33. The highest BCUT2D eigenvalue weighted by Gasteiger charge is 2.21. The number of benzene rings is 3. The maximum atomic E-state index is 12.5. The molecule has 3 aromatic rings. The van der Waals surface area contributed by atoms with Crippen LogP contribution in [-0.2, 0) is 20.0 Å². The Balaban J connectivity index is 1.92. The Morgan fingerprint density at radius 3 is 1.92 bits per heavy atom. The van der Waals surface area contributed by atoms with Crippen molar-refractivity contribution in [3.63, 3.8) is 0 Å². The summed E-state index contributed by atoms with van der Waals surface area (Å²) < 4.78 is 49.2. The van der Waals surface area contributed by atoms with Crippen LogP contribution in [0.15, 0.2) is 82.6 Å². The Kier molecular flexibility index (Phi) is 4.37. The SMILES string of the molecule is O=S(=O)(NNS(=O)(=O)c1cccc2ccccc12)c1ccccc1. The van der Waals surface area contributed by atoms with Crippen LogP contribution in [-0.4, -0.2) is 16.8 Å². The number of hydrogen-bond donors (Lipinski definition) is 2. The Morgan fingerprint density at radius 1 is 0.583 bits per heavy atom. The van der Waals surface area contributed by atoms with Gasteiger partial charge in [-0.3, -0.25) is 0 Å². The molecule has 2 N–H and O–H groups in total. The van der Waals surface area contributed by atoms with Crippen LogP contribution >= 0.6 is 0 Å². The van der Waals surface area contributed by atoms with Gasteiger partial charge >= 0.3 is 0 Å². The second-order valence-electron chi connectivity index (χ2n) is 5.00. The first-order chi connectivity index (χ1) is 11.4. The summed E-state index contributed by atoms with van der Waals surface area (Å²) in [5.74, 6) is 0. The number of hydrogen-bond acceptors (Lipinski definition) is 4. The average Bonchev–Trinajstić information content (AvgIpc) is 2.60. The fourth-order valence-corrected chi connectivity index (χ4v) is 4.61. The van der Waals surface area contributed by atoms with Gasteiger partial charge in [-0.1, -0.05) is 54.6 Å². The molecule has 0 atom stereocenters. The van der Waals surface area contributed by atoms with Gasteiger partial charge in [-0.25, -0.2) is 16.8 Å². The summed E-state index contributed by atoms with van der Waals surface area (Å²) in [7, 11) is -8.06. The molecule has 0 amide bonds. The fourth-order valence-electron chi connectivity index (χ4n) is 2.25. The van der Waals surface area contributed by atoms with Crippen molar-refractivity contribution >= 4 is 30.8 Å². The van der Waals surface area contributed by atoms with Crippen molar-refractivity contribution < 1.29 is 16.8 Å². The number of fused-ring (bicyclic) bond motifs is 1. The van der Waals surface area contributed by atoms with E-state index in [1.165, 1.54) is 18.2 Å². The van der Waals surface area contributed by atoms with E-state index in [1.54, 1.807) is 54.6 Å². The van der Waals surface area contributed by atoms with Gasteiger partial charge in [0, 0.05) is 5.39 Å². The third-order valence-corrected chi connectivity index (χ3v) is 6.10. The van der Waals surface area contributed by atoms with E-state index >= 15 is 0 Å². The molecule has 0 aliphatic heterocycles. The van der Waals surface area contributed by atoms with E-state index in [1.807, 2.05) is 9.66 Å². The van der Waals surface area contributed by atoms with Crippen molar-refractivity contribution in [1.82, 2.24) is 9.66 Å². The maximum absolute atomic E-state index is 12.5. The molecule has 3 aromatic carbocycles. The lowest BCUT2D eigenvalue weighted by atomic mass is 10.1. The van der Waals surface area contributed by atoms with Gasteiger partial charge in [-0.15, -0.1) is 9.66 Å². The molecular formula is C16H14N2O4S2. The predicted octanol–water partition coefficient (Wildman–Crippen LogP) is 2.01. The summed E-state index contributed by atoms with van der Waals surface area (Å²) in [6, 6.07) is 19.3. The summed E-state index contributed by atoms with van der Waals surface area (Å²) in [5.41, 5.74) is 0. The van der Waals surface area contributed by atoms with E-state index in [0.29, 0.717) is 5.39 Å². The molecule has 0 aromatic heterocycles. The third kappa shape index (κ3) is 3.31. The van der Waals surface area contributed by atoms with Gasteiger partial charge < -0.3 is 0 Å². The zero-order valence-electron chi connectivity index (χ0n) is 12.4. The fraction of sp³-hybridized carbons (Fsp3) is 0. The number of nitrogens with one attached hydrogen (secondary N) is 2. The highest BCUT2D eigenvalue weighted by molar-refractivity contribution is 7.92. The standard InChI is InChI=1S/C16H14N2O4S2/c19-23(20,14-9-2-1-3-10-14)17-18-24(21,22)16-12-6-8-13-7-4-5-11-15(13)16/h1-12,17-18H. The first-order valence-electron chi connectivity index (χ1n) is 6.97. The molecular weight excluding hydrogens is 348 g/mol. The molecule has 0 bridgehead atoms. The maximum Gasteiger partial charge on any atom is 0.254 e. The van der Waals surface area contributed by atoms with Crippen molar-refractivity contribution in [2.45, 2.75) is 9.79 Å². The van der Waals surface area contributed by atoms with Crippen molar-refractivity contribution in [3.05, 3.63) is 72.8 Å². The Bertz CT molecular complexity index is 1070. The Hall–Kier alpha value is -2.26. The Morgan fingerprint density at radius 2 is 1.17 bits per heavy atom. The van der Waals surface area contributed by atoms with Gasteiger partial charge in [0.2, 0.25) is 0 Å². The molecule has 8 heteroatoms.